The first kappa shape index (κ1) is 32.7. The lowest BCUT2D eigenvalue weighted by Gasteiger charge is -2.35. The second-order valence-corrected chi connectivity index (χ2v) is 19.9. The zero-order valence-corrected chi connectivity index (χ0v) is 28.6. The van der Waals surface area contributed by atoms with Crippen molar-refractivity contribution in [1.29, 1.82) is 0 Å². The van der Waals surface area contributed by atoms with Crippen LogP contribution in [0.3, 0.4) is 0 Å². The number of hydrogen-bond acceptors (Lipinski definition) is 5. The average Bonchev–Trinajstić information content (AvgIpc) is 3.39. The Morgan fingerprint density at radius 3 is 2.28 bits per heavy atom. The molecule has 1 atom stereocenters. The number of aromatic nitrogens is 1. The zero-order valence-electron chi connectivity index (χ0n) is 26.2. The molecule has 2 aliphatic heterocycles. The minimum atomic E-state index is -3.27. The Morgan fingerprint density at radius 2 is 1.61 bits per heavy atom. The van der Waals surface area contributed by atoms with Crippen molar-refractivity contribution >= 4 is 48.6 Å². The molecule has 0 spiro atoms. The molecular weight excluding hydrogens is 649 g/mol. The standard InChI is InChI=1S/C34H39ClFN3O5S2/c1-45(2,3)20-21-46(41,42)38-17-14-28(15-18-38)43-26-9-4-23(5-10-26)33-32-29(30-22-24(35)6-13-31(30)37-32)16-19-39(33)34(40)44-27-11-7-25(36)8-12-27/h4-13,22,28,33,37H,14-21H2,1-3H3/t33-/m0/s1. The van der Waals surface area contributed by atoms with Crippen LogP contribution in [0.4, 0.5) is 9.18 Å². The van der Waals surface area contributed by atoms with Gasteiger partial charge in [0.2, 0.25) is 10.0 Å². The topological polar surface area (TPSA) is 91.9 Å². The summed E-state index contributed by atoms with van der Waals surface area (Å²) < 4.78 is 52.8. The Bertz CT molecular complexity index is 1820. The minimum absolute atomic E-state index is 0.0903. The fraction of sp³-hybridized carbons (Fsp3) is 0.382. The van der Waals surface area contributed by atoms with Crippen LogP contribution in [0.15, 0.2) is 66.7 Å². The van der Waals surface area contributed by atoms with Gasteiger partial charge >= 0.3 is 6.09 Å². The van der Waals surface area contributed by atoms with Gasteiger partial charge in [0.15, 0.2) is 0 Å². The highest BCUT2D eigenvalue weighted by Gasteiger charge is 2.36. The number of aromatic amines is 1. The summed E-state index contributed by atoms with van der Waals surface area (Å²) in [6.07, 6.45) is 7.62. The average molecular weight is 688 g/mol. The second-order valence-electron chi connectivity index (χ2n) is 12.8. The van der Waals surface area contributed by atoms with Gasteiger partial charge in [-0.05, 0) is 110 Å². The molecule has 1 amide bonds. The lowest BCUT2D eigenvalue weighted by molar-refractivity contribution is 0.134. The van der Waals surface area contributed by atoms with E-state index in [-0.39, 0.29) is 17.6 Å². The van der Waals surface area contributed by atoms with Gasteiger partial charge < -0.3 is 14.5 Å². The van der Waals surface area contributed by atoms with Crippen molar-refractivity contribution in [2.24, 2.45) is 0 Å². The summed E-state index contributed by atoms with van der Waals surface area (Å²) in [5.74, 6) is 1.43. The van der Waals surface area contributed by atoms with E-state index in [1.165, 1.54) is 24.3 Å². The normalized spacial score (nSPS) is 18.4. The maximum Gasteiger partial charge on any atom is 0.416 e. The molecule has 1 N–H and O–H groups in total. The summed E-state index contributed by atoms with van der Waals surface area (Å²) in [7, 11) is -4.16. The van der Waals surface area contributed by atoms with Gasteiger partial charge in [0.05, 0.1) is 5.75 Å². The Labute approximate surface area is 276 Å². The molecule has 0 radical (unpaired) electrons. The molecule has 1 saturated heterocycles. The monoisotopic (exact) mass is 687 g/mol. The molecule has 2 aliphatic rings. The molecular formula is C34H39ClFN3O5S2. The van der Waals surface area contributed by atoms with Crippen molar-refractivity contribution in [1.82, 2.24) is 14.2 Å². The van der Waals surface area contributed by atoms with Gasteiger partial charge in [0, 0.05) is 41.3 Å². The van der Waals surface area contributed by atoms with Gasteiger partial charge in [-0.15, -0.1) is 0 Å². The number of halogens is 2. The second kappa shape index (κ2) is 13.1. The number of piperidine rings is 1. The number of rotatable bonds is 8. The number of carbonyl (C=O) groups excluding carboxylic acids is 1. The van der Waals surface area contributed by atoms with Gasteiger partial charge in [-0.3, -0.25) is 4.90 Å². The number of hydrogen-bond donors (Lipinski definition) is 1. The number of ether oxygens (including phenoxy) is 2. The van der Waals surface area contributed by atoms with Gasteiger partial charge in [0.1, 0.15) is 29.5 Å². The smallest absolute Gasteiger partial charge is 0.416 e. The van der Waals surface area contributed by atoms with Crippen molar-refractivity contribution in [2.45, 2.75) is 31.4 Å². The van der Waals surface area contributed by atoms with Crippen molar-refractivity contribution in [3.05, 3.63) is 94.4 Å². The molecule has 8 nitrogen and oxygen atoms in total. The number of carbonyl (C=O) groups is 1. The van der Waals surface area contributed by atoms with E-state index < -0.39 is 38.0 Å². The Hall–Kier alpha value is -3.25. The number of H-pyrrole nitrogens is 1. The van der Waals surface area contributed by atoms with Crippen LogP contribution in [0.2, 0.25) is 5.02 Å². The molecule has 6 rings (SSSR count). The molecule has 1 fully saturated rings. The molecule has 3 heterocycles. The Balaban J connectivity index is 1.19. The molecule has 0 bridgehead atoms. The van der Waals surface area contributed by atoms with Crippen LogP contribution in [0, 0.1) is 5.82 Å². The van der Waals surface area contributed by atoms with Crippen molar-refractivity contribution in [3.8, 4) is 11.5 Å². The first-order chi connectivity index (χ1) is 21.9. The predicted molar refractivity (Wildman–Crippen MR) is 184 cm³/mol. The summed E-state index contributed by atoms with van der Waals surface area (Å²) >= 11 is 6.34. The molecule has 46 heavy (non-hydrogen) atoms. The van der Waals surface area contributed by atoms with E-state index in [0.717, 1.165) is 27.7 Å². The van der Waals surface area contributed by atoms with E-state index >= 15 is 0 Å². The maximum atomic E-state index is 13.5. The lowest BCUT2D eigenvalue weighted by Crippen LogP contribution is -2.43. The van der Waals surface area contributed by atoms with Crippen LogP contribution in [-0.2, 0) is 16.4 Å². The summed E-state index contributed by atoms with van der Waals surface area (Å²) in [6.45, 7) is 1.31. The number of sulfonamides is 1. The fourth-order valence-corrected chi connectivity index (χ4v) is 10.1. The Morgan fingerprint density at radius 1 is 0.935 bits per heavy atom. The molecule has 0 unspecified atom stereocenters. The van der Waals surface area contributed by atoms with Gasteiger partial charge in [-0.25, -0.2) is 31.9 Å². The van der Waals surface area contributed by atoms with E-state index in [1.807, 2.05) is 42.5 Å². The van der Waals surface area contributed by atoms with Crippen LogP contribution in [0.1, 0.15) is 35.7 Å². The largest absolute Gasteiger partial charge is 0.490 e. The van der Waals surface area contributed by atoms with Gasteiger partial charge in [-0.1, -0.05) is 23.7 Å². The molecule has 3 aromatic carbocycles. The first-order valence-corrected chi connectivity index (χ1v) is 20.3. The third-order valence-corrected chi connectivity index (χ3v) is 12.4. The van der Waals surface area contributed by atoms with Crippen molar-refractivity contribution in [3.63, 3.8) is 0 Å². The lowest BCUT2D eigenvalue weighted by atomic mass is 9.92. The number of nitrogens with one attached hydrogen (secondary N) is 1. The number of amides is 1. The SMILES string of the molecule is CS(C)(C)CCS(=O)(=O)N1CCC(Oc2ccc([C@H]3c4[nH]c5ccc(Cl)cc5c4CCN3C(=O)Oc3ccc(F)cc3)cc2)CC1. The van der Waals surface area contributed by atoms with Crippen LogP contribution in [0.5, 0.6) is 11.5 Å². The molecule has 246 valence electrons. The minimum Gasteiger partial charge on any atom is -0.490 e. The molecule has 12 heteroatoms. The highest BCUT2D eigenvalue weighted by molar-refractivity contribution is 8.32. The summed E-state index contributed by atoms with van der Waals surface area (Å²) in [5.41, 5.74) is 3.78. The van der Waals surface area contributed by atoms with E-state index in [4.69, 9.17) is 21.1 Å². The fourth-order valence-electron chi connectivity index (χ4n) is 6.10. The summed E-state index contributed by atoms with van der Waals surface area (Å²) in [5, 5.41) is 1.66. The Kier molecular flexibility index (Phi) is 9.31. The highest BCUT2D eigenvalue weighted by atomic mass is 35.5. The van der Waals surface area contributed by atoms with Gasteiger partial charge in [-0.2, -0.15) is 0 Å². The molecule has 0 aliphatic carbocycles. The predicted octanol–water partition coefficient (Wildman–Crippen LogP) is 6.97. The third kappa shape index (κ3) is 7.33. The number of nitrogens with zero attached hydrogens (tertiary/aromatic N) is 2. The van der Waals surface area contributed by atoms with E-state index in [1.54, 1.807) is 9.21 Å². The maximum absolute atomic E-state index is 13.5. The highest BCUT2D eigenvalue weighted by Crippen LogP contribution is 2.40. The van der Waals surface area contributed by atoms with Crippen LogP contribution in [-0.4, -0.2) is 84.7 Å². The summed E-state index contributed by atoms with van der Waals surface area (Å²) in [6, 6.07) is 18.3. The van der Waals surface area contributed by atoms with E-state index in [9.17, 15) is 17.6 Å². The zero-order chi connectivity index (χ0) is 32.6. The molecule has 4 aromatic rings. The number of fused-ring (bicyclic) bond motifs is 3. The quantitative estimate of drug-likeness (QED) is 0.216. The van der Waals surface area contributed by atoms with Crippen molar-refractivity contribution in [2.75, 3.05) is 49.9 Å². The van der Waals surface area contributed by atoms with Gasteiger partial charge in [0.25, 0.3) is 0 Å². The first-order valence-electron chi connectivity index (χ1n) is 15.3. The molecule has 0 saturated carbocycles. The van der Waals surface area contributed by atoms with E-state index in [0.29, 0.717) is 55.4 Å². The third-order valence-electron chi connectivity index (χ3n) is 8.59. The molecule has 1 aromatic heterocycles. The van der Waals surface area contributed by atoms with Crippen LogP contribution >= 0.6 is 21.6 Å². The number of benzene rings is 3. The van der Waals surface area contributed by atoms with E-state index in [2.05, 4.69) is 23.8 Å². The van der Waals surface area contributed by atoms with Crippen LogP contribution in [0.25, 0.3) is 10.9 Å². The van der Waals surface area contributed by atoms with Crippen molar-refractivity contribution < 1.29 is 27.1 Å². The van der Waals surface area contributed by atoms with Crippen LogP contribution < -0.4 is 9.47 Å². The summed E-state index contributed by atoms with van der Waals surface area (Å²) in [4.78, 5) is 18.7.